The summed E-state index contributed by atoms with van der Waals surface area (Å²) in [5.74, 6) is -0.131. The smallest absolute Gasteiger partial charge is 0.213 e. The first-order chi connectivity index (χ1) is 9.54. The second kappa shape index (κ2) is 6.85. The SMILES string of the molecule is COCCn1ncc(Br)c1C(=O)c1ccc(Cl)cc1Br. The van der Waals surface area contributed by atoms with Crippen LogP contribution in [0.15, 0.2) is 33.3 Å². The molecule has 0 atom stereocenters. The van der Waals surface area contributed by atoms with Gasteiger partial charge in [0, 0.05) is 22.2 Å². The molecule has 0 aliphatic heterocycles. The molecular weight excluding hydrogens is 411 g/mol. The van der Waals surface area contributed by atoms with E-state index < -0.39 is 0 Å². The Morgan fingerprint density at radius 2 is 2.15 bits per heavy atom. The second-order valence-electron chi connectivity index (χ2n) is 4.01. The van der Waals surface area contributed by atoms with Crippen LogP contribution in [0.25, 0.3) is 0 Å². The predicted octanol–water partition coefficient (Wildman–Crippen LogP) is 3.94. The van der Waals surface area contributed by atoms with E-state index in [0.29, 0.717) is 38.4 Å². The zero-order valence-electron chi connectivity index (χ0n) is 10.6. The third-order valence-corrected chi connectivity index (χ3v) is 4.16. The number of ketones is 1. The molecule has 20 heavy (non-hydrogen) atoms. The van der Waals surface area contributed by atoms with E-state index in [1.807, 2.05) is 0 Å². The first-order valence-electron chi connectivity index (χ1n) is 5.74. The van der Waals surface area contributed by atoms with Crippen molar-refractivity contribution in [3.8, 4) is 0 Å². The molecule has 2 rings (SSSR count). The van der Waals surface area contributed by atoms with Gasteiger partial charge in [-0.05, 0) is 50.1 Å². The zero-order chi connectivity index (χ0) is 14.7. The van der Waals surface area contributed by atoms with Gasteiger partial charge in [-0.25, -0.2) is 0 Å². The van der Waals surface area contributed by atoms with Crippen molar-refractivity contribution in [1.82, 2.24) is 9.78 Å². The highest BCUT2D eigenvalue weighted by Crippen LogP contribution is 2.26. The van der Waals surface area contributed by atoms with E-state index in [2.05, 4.69) is 37.0 Å². The van der Waals surface area contributed by atoms with Gasteiger partial charge in [-0.3, -0.25) is 9.48 Å². The van der Waals surface area contributed by atoms with Crippen LogP contribution in [0.5, 0.6) is 0 Å². The molecule has 0 saturated heterocycles. The van der Waals surface area contributed by atoms with Gasteiger partial charge >= 0.3 is 0 Å². The number of carbonyl (C=O) groups is 1. The highest BCUT2D eigenvalue weighted by atomic mass is 79.9. The third-order valence-electron chi connectivity index (χ3n) is 2.69. The summed E-state index contributed by atoms with van der Waals surface area (Å²) in [5, 5.41) is 4.74. The van der Waals surface area contributed by atoms with E-state index in [1.54, 1.807) is 36.2 Å². The number of aromatic nitrogens is 2. The van der Waals surface area contributed by atoms with Crippen molar-refractivity contribution in [2.75, 3.05) is 13.7 Å². The van der Waals surface area contributed by atoms with Crippen LogP contribution in [0.2, 0.25) is 5.02 Å². The van der Waals surface area contributed by atoms with Crippen LogP contribution in [0, 0.1) is 0 Å². The topological polar surface area (TPSA) is 44.1 Å². The minimum Gasteiger partial charge on any atom is -0.383 e. The summed E-state index contributed by atoms with van der Waals surface area (Å²) in [6.07, 6.45) is 1.60. The summed E-state index contributed by atoms with van der Waals surface area (Å²) >= 11 is 12.6. The van der Waals surface area contributed by atoms with Crippen molar-refractivity contribution >= 4 is 49.2 Å². The van der Waals surface area contributed by atoms with Gasteiger partial charge in [-0.2, -0.15) is 5.10 Å². The molecule has 1 aromatic heterocycles. The first-order valence-corrected chi connectivity index (χ1v) is 7.71. The van der Waals surface area contributed by atoms with Gasteiger partial charge < -0.3 is 4.74 Å². The normalized spacial score (nSPS) is 10.8. The van der Waals surface area contributed by atoms with Gasteiger partial charge in [-0.15, -0.1) is 0 Å². The second-order valence-corrected chi connectivity index (χ2v) is 6.16. The Balaban J connectivity index is 2.40. The number of carbonyl (C=O) groups excluding carboxylic acids is 1. The molecule has 4 nitrogen and oxygen atoms in total. The van der Waals surface area contributed by atoms with E-state index in [4.69, 9.17) is 16.3 Å². The predicted molar refractivity (Wildman–Crippen MR) is 84.4 cm³/mol. The van der Waals surface area contributed by atoms with Crippen LogP contribution >= 0.6 is 43.5 Å². The van der Waals surface area contributed by atoms with Gasteiger partial charge in [0.1, 0.15) is 5.69 Å². The molecule has 0 bridgehead atoms. The molecule has 0 spiro atoms. The number of methoxy groups -OCH3 is 1. The Morgan fingerprint density at radius 3 is 2.80 bits per heavy atom. The monoisotopic (exact) mass is 420 g/mol. The molecule has 0 amide bonds. The van der Waals surface area contributed by atoms with Crippen LogP contribution in [-0.4, -0.2) is 29.3 Å². The van der Waals surface area contributed by atoms with Crippen LogP contribution in [0.4, 0.5) is 0 Å². The van der Waals surface area contributed by atoms with E-state index in [9.17, 15) is 4.79 Å². The molecule has 1 heterocycles. The van der Waals surface area contributed by atoms with Crippen LogP contribution in [0.1, 0.15) is 16.1 Å². The fourth-order valence-corrected chi connectivity index (χ4v) is 3.08. The fourth-order valence-electron chi connectivity index (χ4n) is 1.74. The maximum absolute atomic E-state index is 12.6. The number of hydrogen-bond acceptors (Lipinski definition) is 3. The van der Waals surface area contributed by atoms with Gasteiger partial charge in [0.15, 0.2) is 0 Å². The van der Waals surface area contributed by atoms with Crippen LogP contribution < -0.4 is 0 Å². The van der Waals surface area contributed by atoms with E-state index in [-0.39, 0.29) is 5.78 Å². The lowest BCUT2D eigenvalue weighted by molar-refractivity contribution is 0.102. The van der Waals surface area contributed by atoms with Crippen LogP contribution in [0.3, 0.4) is 0 Å². The molecule has 0 aliphatic rings. The van der Waals surface area contributed by atoms with Crippen LogP contribution in [-0.2, 0) is 11.3 Å². The Kier molecular flexibility index (Phi) is 5.37. The maximum Gasteiger partial charge on any atom is 0.213 e. The van der Waals surface area contributed by atoms with E-state index in [0.717, 1.165) is 0 Å². The summed E-state index contributed by atoms with van der Waals surface area (Å²) in [6.45, 7) is 0.991. The standard InChI is InChI=1S/C13H11Br2ClN2O2/c1-20-5-4-18-12(11(15)7-17-18)13(19)9-3-2-8(16)6-10(9)14/h2-3,6-7H,4-5H2,1H3. The molecule has 106 valence electrons. The van der Waals surface area contributed by atoms with Crippen molar-refractivity contribution in [2.45, 2.75) is 6.54 Å². The fraction of sp³-hybridized carbons (Fsp3) is 0.231. The van der Waals surface area contributed by atoms with Crippen molar-refractivity contribution in [1.29, 1.82) is 0 Å². The Morgan fingerprint density at radius 1 is 1.40 bits per heavy atom. The molecule has 0 unspecified atom stereocenters. The number of nitrogens with zero attached hydrogens (tertiary/aromatic N) is 2. The number of halogens is 3. The number of hydrogen-bond donors (Lipinski definition) is 0. The minimum absolute atomic E-state index is 0.131. The number of rotatable bonds is 5. The molecule has 0 N–H and O–H groups in total. The van der Waals surface area contributed by atoms with Gasteiger partial charge in [-0.1, -0.05) is 11.6 Å². The molecule has 1 aromatic carbocycles. The highest BCUT2D eigenvalue weighted by Gasteiger charge is 2.20. The molecule has 0 aliphatic carbocycles. The van der Waals surface area contributed by atoms with E-state index in [1.165, 1.54) is 0 Å². The number of benzene rings is 1. The molecule has 7 heteroatoms. The molecule has 0 radical (unpaired) electrons. The lowest BCUT2D eigenvalue weighted by atomic mass is 10.1. The summed E-state index contributed by atoms with van der Waals surface area (Å²) in [4.78, 5) is 12.6. The van der Waals surface area contributed by atoms with Crippen molar-refractivity contribution in [2.24, 2.45) is 0 Å². The summed E-state index contributed by atoms with van der Waals surface area (Å²) in [7, 11) is 1.61. The van der Waals surface area contributed by atoms with Crippen molar-refractivity contribution in [3.05, 3.63) is 49.6 Å². The van der Waals surface area contributed by atoms with Gasteiger partial charge in [0.25, 0.3) is 0 Å². The van der Waals surface area contributed by atoms with E-state index >= 15 is 0 Å². The van der Waals surface area contributed by atoms with Crippen molar-refractivity contribution in [3.63, 3.8) is 0 Å². The summed E-state index contributed by atoms with van der Waals surface area (Å²) in [6, 6.07) is 5.07. The Bertz CT molecular complexity index is 643. The minimum atomic E-state index is -0.131. The van der Waals surface area contributed by atoms with Crippen molar-refractivity contribution < 1.29 is 9.53 Å². The first kappa shape index (κ1) is 15.7. The zero-order valence-corrected chi connectivity index (χ0v) is 14.5. The third kappa shape index (κ3) is 3.31. The largest absolute Gasteiger partial charge is 0.383 e. The Hall–Kier alpha value is -0.690. The molecular formula is C13H11Br2ClN2O2. The average Bonchev–Trinajstić information content (AvgIpc) is 2.77. The highest BCUT2D eigenvalue weighted by molar-refractivity contribution is 9.10. The lowest BCUT2D eigenvalue weighted by Crippen LogP contribution is -2.15. The summed E-state index contributed by atoms with van der Waals surface area (Å²) in [5.41, 5.74) is 1.03. The summed E-state index contributed by atoms with van der Waals surface area (Å²) < 4.78 is 7.95. The van der Waals surface area contributed by atoms with Gasteiger partial charge in [0.2, 0.25) is 5.78 Å². The van der Waals surface area contributed by atoms with Gasteiger partial charge in [0.05, 0.1) is 23.8 Å². The molecule has 0 saturated carbocycles. The Labute approximate surface area is 138 Å². The molecule has 2 aromatic rings. The molecule has 0 fully saturated rings. The lowest BCUT2D eigenvalue weighted by Gasteiger charge is -2.08. The maximum atomic E-state index is 12.6. The quantitative estimate of drug-likeness (QED) is 0.686. The average molecular weight is 423 g/mol. The number of ether oxygens (including phenoxy) is 1.